The Labute approximate surface area is 145 Å². The SMILES string of the molecule is C[C@H](Cc1nc2ccccc2s1)N1CCN(Cc2ccon2)CC1. The van der Waals surface area contributed by atoms with Gasteiger partial charge in [-0.1, -0.05) is 17.3 Å². The van der Waals surface area contributed by atoms with E-state index >= 15 is 0 Å². The van der Waals surface area contributed by atoms with Crippen LogP contribution in [-0.2, 0) is 13.0 Å². The highest BCUT2D eigenvalue weighted by molar-refractivity contribution is 7.18. The van der Waals surface area contributed by atoms with E-state index < -0.39 is 0 Å². The van der Waals surface area contributed by atoms with Crippen molar-refractivity contribution >= 4 is 21.6 Å². The summed E-state index contributed by atoms with van der Waals surface area (Å²) in [4.78, 5) is 9.79. The fourth-order valence-electron chi connectivity index (χ4n) is 3.30. The van der Waals surface area contributed by atoms with E-state index in [1.807, 2.05) is 17.4 Å². The maximum atomic E-state index is 4.91. The third-order valence-electron chi connectivity index (χ3n) is 4.72. The molecule has 126 valence electrons. The lowest BCUT2D eigenvalue weighted by molar-refractivity contribution is 0.0963. The van der Waals surface area contributed by atoms with Gasteiger partial charge in [-0.2, -0.15) is 0 Å². The fourth-order valence-corrected chi connectivity index (χ4v) is 4.39. The lowest BCUT2D eigenvalue weighted by atomic mass is 10.1. The van der Waals surface area contributed by atoms with Gasteiger partial charge in [-0.25, -0.2) is 4.98 Å². The van der Waals surface area contributed by atoms with Crippen LogP contribution in [0.5, 0.6) is 0 Å². The van der Waals surface area contributed by atoms with Gasteiger partial charge in [0.1, 0.15) is 6.26 Å². The Bertz CT molecular complexity index is 744. The zero-order valence-electron chi connectivity index (χ0n) is 13.9. The van der Waals surface area contributed by atoms with Crippen LogP contribution in [0.2, 0.25) is 0 Å². The average molecular weight is 342 g/mol. The standard InChI is InChI=1S/C18H22N4OS/c1-14(12-18-19-16-4-2-3-5-17(16)24-18)22-9-7-21(8-10-22)13-15-6-11-23-20-15/h2-6,11,14H,7-10,12-13H2,1H3/t14-/m1/s1. The number of para-hydroxylation sites is 1. The second-order valence-corrected chi connectivity index (χ2v) is 7.55. The number of nitrogens with zero attached hydrogens (tertiary/aromatic N) is 4. The predicted octanol–water partition coefficient (Wildman–Crippen LogP) is 3.03. The van der Waals surface area contributed by atoms with Gasteiger partial charge < -0.3 is 4.52 Å². The van der Waals surface area contributed by atoms with Crippen LogP contribution in [0.4, 0.5) is 0 Å². The van der Waals surface area contributed by atoms with Gasteiger partial charge in [-0.3, -0.25) is 9.80 Å². The first-order valence-electron chi connectivity index (χ1n) is 8.48. The second-order valence-electron chi connectivity index (χ2n) is 6.43. The zero-order chi connectivity index (χ0) is 16.4. The van der Waals surface area contributed by atoms with Gasteiger partial charge >= 0.3 is 0 Å². The molecular formula is C18H22N4OS. The monoisotopic (exact) mass is 342 g/mol. The molecule has 3 heterocycles. The van der Waals surface area contributed by atoms with E-state index in [1.165, 1.54) is 9.71 Å². The molecule has 1 aliphatic heterocycles. The molecule has 0 radical (unpaired) electrons. The third-order valence-corrected chi connectivity index (χ3v) is 5.77. The van der Waals surface area contributed by atoms with E-state index in [0.717, 1.165) is 50.4 Å². The molecule has 4 rings (SSSR count). The maximum Gasteiger partial charge on any atom is 0.124 e. The molecule has 0 spiro atoms. The van der Waals surface area contributed by atoms with Crippen LogP contribution in [-0.4, -0.2) is 52.2 Å². The number of piperazine rings is 1. The highest BCUT2D eigenvalue weighted by Gasteiger charge is 2.22. The second kappa shape index (κ2) is 7.01. The third kappa shape index (κ3) is 3.50. The van der Waals surface area contributed by atoms with E-state index in [9.17, 15) is 0 Å². The fraction of sp³-hybridized carbons (Fsp3) is 0.444. The summed E-state index contributed by atoms with van der Waals surface area (Å²) in [6.07, 6.45) is 2.67. The summed E-state index contributed by atoms with van der Waals surface area (Å²) in [5.74, 6) is 0. The largest absolute Gasteiger partial charge is 0.364 e. The summed E-state index contributed by atoms with van der Waals surface area (Å²) < 4.78 is 6.20. The van der Waals surface area contributed by atoms with Crippen LogP contribution in [0.15, 0.2) is 41.1 Å². The molecule has 6 heteroatoms. The summed E-state index contributed by atoms with van der Waals surface area (Å²) in [7, 11) is 0. The number of aromatic nitrogens is 2. The van der Waals surface area contributed by atoms with Crippen molar-refractivity contribution in [3.63, 3.8) is 0 Å². The van der Waals surface area contributed by atoms with Crippen LogP contribution >= 0.6 is 11.3 Å². The summed E-state index contributed by atoms with van der Waals surface area (Å²) in [5, 5.41) is 5.25. The topological polar surface area (TPSA) is 45.4 Å². The molecule has 0 unspecified atom stereocenters. The van der Waals surface area contributed by atoms with Gasteiger partial charge in [-0.05, 0) is 19.1 Å². The highest BCUT2D eigenvalue weighted by atomic mass is 32.1. The molecule has 1 saturated heterocycles. The Kier molecular flexibility index (Phi) is 4.60. The van der Waals surface area contributed by atoms with E-state index in [1.54, 1.807) is 6.26 Å². The predicted molar refractivity (Wildman–Crippen MR) is 96.1 cm³/mol. The average Bonchev–Trinajstić information content (AvgIpc) is 3.24. The van der Waals surface area contributed by atoms with E-state index in [2.05, 4.69) is 46.1 Å². The van der Waals surface area contributed by atoms with Crippen LogP contribution in [0.1, 0.15) is 17.6 Å². The Hall–Kier alpha value is -1.76. The molecule has 0 aliphatic carbocycles. The van der Waals surface area contributed by atoms with Gasteiger partial charge in [0.05, 0.1) is 20.9 Å². The van der Waals surface area contributed by atoms with Crippen LogP contribution in [0, 0.1) is 0 Å². The first-order chi connectivity index (χ1) is 11.8. The van der Waals surface area contributed by atoms with Crippen molar-refractivity contribution in [1.29, 1.82) is 0 Å². The van der Waals surface area contributed by atoms with Crippen molar-refractivity contribution < 1.29 is 4.52 Å². The minimum Gasteiger partial charge on any atom is -0.364 e. The number of rotatable bonds is 5. The summed E-state index contributed by atoms with van der Waals surface area (Å²) in [6, 6.07) is 10.9. The Morgan fingerprint density at radius 3 is 2.75 bits per heavy atom. The molecule has 1 aliphatic rings. The highest BCUT2D eigenvalue weighted by Crippen LogP contribution is 2.23. The molecular weight excluding hydrogens is 320 g/mol. The van der Waals surface area contributed by atoms with Crippen molar-refractivity contribution in [2.45, 2.75) is 25.9 Å². The van der Waals surface area contributed by atoms with Crippen molar-refractivity contribution in [3.8, 4) is 0 Å². The van der Waals surface area contributed by atoms with Crippen molar-refractivity contribution in [1.82, 2.24) is 19.9 Å². The summed E-state index contributed by atoms with van der Waals surface area (Å²) >= 11 is 1.83. The maximum absolute atomic E-state index is 4.91. The molecule has 24 heavy (non-hydrogen) atoms. The quantitative estimate of drug-likeness (QED) is 0.713. The number of fused-ring (bicyclic) bond motifs is 1. The van der Waals surface area contributed by atoms with Crippen LogP contribution in [0.25, 0.3) is 10.2 Å². The smallest absolute Gasteiger partial charge is 0.124 e. The number of thiazole rings is 1. The van der Waals surface area contributed by atoms with E-state index in [-0.39, 0.29) is 0 Å². The summed E-state index contributed by atoms with van der Waals surface area (Å²) in [5.41, 5.74) is 2.15. The van der Waals surface area contributed by atoms with E-state index in [4.69, 9.17) is 9.51 Å². The number of hydrogen-bond acceptors (Lipinski definition) is 6. The lowest BCUT2D eigenvalue weighted by Gasteiger charge is -2.37. The molecule has 1 atom stereocenters. The van der Waals surface area contributed by atoms with Crippen LogP contribution in [0.3, 0.4) is 0 Å². The minimum absolute atomic E-state index is 0.528. The number of benzene rings is 1. The van der Waals surface area contributed by atoms with E-state index in [0.29, 0.717) is 6.04 Å². The first kappa shape index (κ1) is 15.7. The van der Waals surface area contributed by atoms with Gasteiger partial charge in [0.15, 0.2) is 0 Å². The first-order valence-corrected chi connectivity index (χ1v) is 9.30. The minimum atomic E-state index is 0.528. The molecule has 0 bridgehead atoms. The van der Waals surface area contributed by atoms with Gasteiger partial charge in [-0.15, -0.1) is 11.3 Å². The van der Waals surface area contributed by atoms with Gasteiger partial charge in [0, 0.05) is 51.3 Å². The van der Waals surface area contributed by atoms with Crippen molar-refractivity contribution in [3.05, 3.63) is 47.3 Å². The summed E-state index contributed by atoms with van der Waals surface area (Å²) in [6.45, 7) is 7.57. The van der Waals surface area contributed by atoms with Crippen molar-refractivity contribution in [2.24, 2.45) is 0 Å². The molecule has 2 aromatic heterocycles. The van der Waals surface area contributed by atoms with Crippen LogP contribution < -0.4 is 0 Å². The Morgan fingerprint density at radius 2 is 2.00 bits per heavy atom. The van der Waals surface area contributed by atoms with Crippen molar-refractivity contribution in [2.75, 3.05) is 26.2 Å². The lowest BCUT2D eigenvalue weighted by Crippen LogP contribution is -2.49. The Balaban J connectivity index is 1.31. The molecule has 0 saturated carbocycles. The molecule has 0 N–H and O–H groups in total. The number of hydrogen-bond donors (Lipinski definition) is 0. The molecule has 1 aromatic carbocycles. The molecule has 0 amide bonds. The zero-order valence-corrected chi connectivity index (χ0v) is 14.7. The van der Waals surface area contributed by atoms with Gasteiger partial charge in [0.25, 0.3) is 0 Å². The normalized spacial score (nSPS) is 18.2. The van der Waals surface area contributed by atoms with Gasteiger partial charge in [0.2, 0.25) is 0 Å². The molecule has 3 aromatic rings. The molecule has 1 fully saturated rings. The molecule has 5 nitrogen and oxygen atoms in total. The Morgan fingerprint density at radius 1 is 1.17 bits per heavy atom.